The SMILES string of the molecule is CNCc1ccc(OCc2cncs2)c(F)c1. The van der Waals surface area contributed by atoms with E-state index < -0.39 is 0 Å². The van der Waals surface area contributed by atoms with Gasteiger partial charge in [-0.1, -0.05) is 6.07 Å². The first-order valence-corrected chi connectivity index (χ1v) is 6.11. The minimum absolute atomic E-state index is 0.276. The maximum Gasteiger partial charge on any atom is 0.165 e. The van der Waals surface area contributed by atoms with E-state index in [9.17, 15) is 4.39 Å². The number of hydrogen-bond acceptors (Lipinski definition) is 4. The standard InChI is InChI=1S/C12H13FN2OS/c1-14-5-9-2-3-12(11(13)4-9)16-7-10-6-15-8-17-10/h2-4,6,8,14H,5,7H2,1H3. The van der Waals surface area contributed by atoms with Gasteiger partial charge in [0, 0.05) is 12.7 Å². The first-order chi connectivity index (χ1) is 8.29. The summed E-state index contributed by atoms with van der Waals surface area (Å²) >= 11 is 1.49. The smallest absolute Gasteiger partial charge is 0.165 e. The molecule has 1 aromatic carbocycles. The number of aromatic nitrogens is 1. The van der Waals surface area contributed by atoms with E-state index in [1.54, 1.807) is 17.8 Å². The summed E-state index contributed by atoms with van der Waals surface area (Å²) in [6.07, 6.45) is 1.72. The van der Waals surface area contributed by atoms with Gasteiger partial charge in [0.2, 0.25) is 0 Å². The van der Waals surface area contributed by atoms with Crippen molar-refractivity contribution in [1.82, 2.24) is 10.3 Å². The monoisotopic (exact) mass is 252 g/mol. The van der Waals surface area contributed by atoms with Crippen LogP contribution in [0.2, 0.25) is 0 Å². The molecule has 0 radical (unpaired) electrons. The average molecular weight is 252 g/mol. The van der Waals surface area contributed by atoms with Crippen LogP contribution in [0.15, 0.2) is 29.9 Å². The Balaban J connectivity index is 2.01. The molecule has 5 heteroatoms. The fourth-order valence-electron chi connectivity index (χ4n) is 1.44. The van der Waals surface area contributed by atoms with Crippen LogP contribution in [0, 0.1) is 5.82 Å². The Labute approximate surface area is 103 Å². The number of nitrogens with one attached hydrogen (secondary N) is 1. The molecule has 0 saturated carbocycles. The fourth-order valence-corrected chi connectivity index (χ4v) is 1.94. The van der Waals surface area contributed by atoms with Gasteiger partial charge in [-0.05, 0) is 24.7 Å². The summed E-state index contributed by atoms with van der Waals surface area (Å²) in [6, 6.07) is 4.99. The second-order valence-electron chi connectivity index (χ2n) is 3.55. The topological polar surface area (TPSA) is 34.1 Å². The Hall–Kier alpha value is -1.46. The lowest BCUT2D eigenvalue weighted by molar-refractivity contribution is 0.293. The lowest BCUT2D eigenvalue weighted by atomic mass is 10.2. The molecule has 1 N–H and O–H groups in total. The predicted molar refractivity (Wildman–Crippen MR) is 65.6 cm³/mol. The lowest BCUT2D eigenvalue weighted by Crippen LogP contribution is -2.05. The van der Waals surface area contributed by atoms with Crippen LogP contribution < -0.4 is 10.1 Å². The zero-order chi connectivity index (χ0) is 12.1. The number of rotatable bonds is 5. The zero-order valence-corrected chi connectivity index (χ0v) is 10.3. The molecule has 90 valence electrons. The largest absolute Gasteiger partial charge is 0.485 e. The van der Waals surface area contributed by atoms with Gasteiger partial charge in [0.25, 0.3) is 0 Å². The number of benzene rings is 1. The molecule has 0 saturated heterocycles. The van der Waals surface area contributed by atoms with Crippen molar-refractivity contribution < 1.29 is 9.13 Å². The highest BCUT2D eigenvalue weighted by molar-refractivity contribution is 7.09. The molecular weight excluding hydrogens is 239 g/mol. The predicted octanol–water partition coefficient (Wildman–Crippen LogP) is 2.58. The zero-order valence-electron chi connectivity index (χ0n) is 9.44. The van der Waals surface area contributed by atoms with Gasteiger partial charge in [-0.3, -0.25) is 4.98 Å². The molecule has 2 aromatic rings. The van der Waals surface area contributed by atoms with Crippen molar-refractivity contribution in [3.63, 3.8) is 0 Å². The molecule has 0 amide bonds. The molecule has 0 aliphatic carbocycles. The van der Waals surface area contributed by atoms with Crippen LogP contribution in [0.25, 0.3) is 0 Å². The molecule has 0 atom stereocenters. The van der Waals surface area contributed by atoms with E-state index in [4.69, 9.17) is 4.74 Å². The van der Waals surface area contributed by atoms with E-state index >= 15 is 0 Å². The molecule has 0 bridgehead atoms. The number of hydrogen-bond donors (Lipinski definition) is 1. The van der Waals surface area contributed by atoms with Crippen molar-refractivity contribution in [3.8, 4) is 5.75 Å². The Morgan fingerprint density at radius 3 is 3.00 bits per heavy atom. The van der Waals surface area contributed by atoms with Crippen molar-refractivity contribution in [2.24, 2.45) is 0 Å². The second-order valence-corrected chi connectivity index (χ2v) is 4.52. The molecule has 0 spiro atoms. The van der Waals surface area contributed by atoms with Crippen LogP contribution in [-0.4, -0.2) is 12.0 Å². The van der Waals surface area contributed by atoms with E-state index in [2.05, 4.69) is 10.3 Å². The van der Waals surface area contributed by atoms with E-state index in [1.807, 2.05) is 13.1 Å². The second kappa shape index (κ2) is 5.75. The van der Waals surface area contributed by atoms with Crippen LogP contribution in [0.1, 0.15) is 10.4 Å². The van der Waals surface area contributed by atoms with Crippen LogP contribution in [0.3, 0.4) is 0 Å². The minimum Gasteiger partial charge on any atom is -0.485 e. The van der Waals surface area contributed by atoms with Gasteiger partial charge < -0.3 is 10.1 Å². The third-order valence-electron chi connectivity index (χ3n) is 2.23. The van der Waals surface area contributed by atoms with E-state index in [-0.39, 0.29) is 11.6 Å². The highest BCUT2D eigenvalue weighted by Crippen LogP contribution is 2.20. The number of halogens is 1. The summed E-state index contributed by atoms with van der Waals surface area (Å²) in [5.74, 6) is -0.0551. The van der Waals surface area contributed by atoms with Crippen LogP contribution in [-0.2, 0) is 13.2 Å². The molecule has 1 heterocycles. The van der Waals surface area contributed by atoms with Crippen LogP contribution in [0.5, 0.6) is 5.75 Å². The van der Waals surface area contributed by atoms with Gasteiger partial charge >= 0.3 is 0 Å². The fraction of sp³-hybridized carbons (Fsp3) is 0.250. The summed E-state index contributed by atoms with van der Waals surface area (Å²) < 4.78 is 19.0. The summed E-state index contributed by atoms with van der Waals surface area (Å²) in [4.78, 5) is 4.91. The van der Waals surface area contributed by atoms with E-state index in [0.29, 0.717) is 13.2 Å². The van der Waals surface area contributed by atoms with Gasteiger partial charge in [-0.15, -0.1) is 11.3 Å². The Kier molecular flexibility index (Phi) is 4.06. The molecule has 0 aliphatic heterocycles. The van der Waals surface area contributed by atoms with Gasteiger partial charge in [0.15, 0.2) is 11.6 Å². The van der Waals surface area contributed by atoms with Crippen LogP contribution >= 0.6 is 11.3 Å². The van der Waals surface area contributed by atoms with E-state index in [0.717, 1.165) is 10.4 Å². The van der Waals surface area contributed by atoms with Gasteiger partial charge in [-0.25, -0.2) is 4.39 Å². The quantitative estimate of drug-likeness (QED) is 0.888. The summed E-state index contributed by atoms with van der Waals surface area (Å²) in [7, 11) is 1.83. The minimum atomic E-state index is -0.331. The normalized spacial score (nSPS) is 10.5. The molecule has 0 fully saturated rings. The van der Waals surface area contributed by atoms with Gasteiger partial charge in [-0.2, -0.15) is 0 Å². The molecule has 2 rings (SSSR count). The molecular formula is C12H13FN2OS. The Morgan fingerprint density at radius 2 is 2.35 bits per heavy atom. The maximum absolute atomic E-state index is 13.6. The van der Waals surface area contributed by atoms with Crippen molar-refractivity contribution in [2.45, 2.75) is 13.2 Å². The van der Waals surface area contributed by atoms with Crippen molar-refractivity contribution >= 4 is 11.3 Å². The van der Waals surface area contributed by atoms with Crippen molar-refractivity contribution in [3.05, 3.63) is 46.2 Å². The number of ether oxygens (including phenoxy) is 1. The lowest BCUT2D eigenvalue weighted by Gasteiger charge is -2.07. The molecule has 17 heavy (non-hydrogen) atoms. The van der Waals surface area contributed by atoms with E-state index in [1.165, 1.54) is 17.4 Å². The molecule has 0 aliphatic rings. The van der Waals surface area contributed by atoms with Crippen molar-refractivity contribution in [2.75, 3.05) is 7.05 Å². The van der Waals surface area contributed by atoms with Crippen LogP contribution in [0.4, 0.5) is 4.39 Å². The maximum atomic E-state index is 13.6. The molecule has 1 aromatic heterocycles. The molecule has 0 unspecified atom stereocenters. The number of thiazole rings is 1. The Bertz CT molecular complexity index is 473. The number of nitrogens with zero attached hydrogens (tertiary/aromatic N) is 1. The average Bonchev–Trinajstić information content (AvgIpc) is 2.81. The highest BCUT2D eigenvalue weighted by Gasteiger charge is 2.05. The summed E-state index contributed by atoms with van der Waals surface area (Å²) in [5, 5.41) is 2.97. The van der Waals surface area contributed by atoms with Gasteiger partial charge in [0.1, 0.15) is 6.61 Å². The third-order valence-corrected chi connectivity index (χ3v) is 2.98. The van der Waals surface area contributed by atoms with Gasteiger partial charge in [0.05, 0.1) is 10.4 Å². The summed E-state index contributed by atoms with van der Waals surface area (Å²) in [5.41, 5.74) is 2.63. The third kappa shape index (κ3) is 3.25. The van der Waals surface area contributed by atoms with Crippen molar-refractivity contribution in [1.29, 1.82) is 0 Å². The first kappa shape index (κ1) is 12.0. The highest BCUT2D eigenvalue weighted by atomic mass is 32.1. The summed E-state index contributed by atoms with van der Waals surface area (Å²) in [6.45, 7) is 0.999. The Morgan fingerprint density at radius 1 is 1.47 bits per heavy atom. The molecule has 3 nitrogen and oxygen atoms in total. The first-order valence-electron chi connectivity index (χ1n) is 5.23.